The van der Waals surface area contributed by atoms with E-state index in [0.29, 0.717) is 32.0 Å². The van der Waals surface area contributed by atoms with E-state index in [1.54, 1.807) is 54.6 Å². The van der Waals surface area contributed by atoms with Crippen LogP contribution < -0.4 is 20.1 Å². The van der Waals surface area contributed by atoms with Crippen LogP contribution in [-0.2, 0) is 14.4 Å². The number of methoxy groups -OCH3 is 1. The zero-order chi connectivity index (χ0) is 27.1. The monoisotopic (exact) mass is 643 g/mol. The molecule has 0 saturated carbocycles. The average Bonchev–Trinajstić information content (AvgIpc) is 3.16. The van der Waals surface area contributed by atoms with Crippen molar-refractivity contribution >= 4 is 74.8 Å². The number of ether oxygens (including phenoxy) is 2. The van der Waals surface area contributed by atoms with E-state index < -0.39 is 23.6 Å². The van der Waals surface area contributed by atoms with E-state index in [1.165, 1.54) is 7.11 Å². The van der Waals surface area contributed by atoms with Gasteiger partial charge in [0.05, 0.1) is 15.6 Å². The molecule has 0 spiro atoms. The highest BCUT2D eigenvalue weighted by atomic mass is 127. The van der Waals surface area contributed by atoms with Gasteiger partial charge in [0.15, 0.2) is 18.1 Å². The van der Waals surface area contributed by atoms with Crippen molar-refractivity contribution in [2.75, 3.05) is 30.9 Å². The van der Waals surface area contributed by atoms with Crippen molar-refractivity contribution in [2.24, 2.45) is 0 Å². The van der Waals surface area contributed by atoms with Crippen molar-refractivity contribution < 1.29 is 28.7 Å². The summed E-state index contributed by atoms with van der Waals surface area (Å²) in [5.74, 6) is -0.636. The molecule has 1 aliphatic rings. The summed E-state index contributed by atoms with van der Waals surface area (Å²) in [7, 11) is 1.46. The quantitative estimate of drug-likeness (QED) is 0.250. The molecule has 0 bridgehead atoms. The lowest BCUT2D eigenvalue weighted by Gasteiger charge is -2.14. The minimum absolute atomic E-state index is 0.177. The first-order valence-corrected chi connectivity index (χ1v) is 13.2. The second-order valence-corrected chi connectivity index (χ2v) is 10.1. The molecule has 4 amide bonds. The van der Waals surface area contributed by atoms with Gasteiger partial charge in [-0.05, 0) is 82.4 Å². The predicted octanol–water partition coefficient (Wildman–Crippen LogP) is 4.99. The zero-order valence-corrected chi connectivity index (χ0v) is 23.1. The average molecular weight is 643 g/mol. The molecule has 0 aliphatic carbocycles. The Hall–Kier alpha value is -3.84. The van der Waals surface area contributed by atoms with Crippen molar-refractivity contribution in [2.45, 2.75) is 0 Å². The Kier molecular flexibility index (Phi) is 9.02. The molecule has 0 unspecified atom stereocenters. The minimum Gasteiger partial charge on any atom is -0.493 e. The van der Waals surface area contributed by atoms with Crippen LogP contribution in [0.3, 0.4) is 0 Å². The van der Waals surface area contributed by atoms with Gasteiger partial charge < -0.3 is 20.1 Å². The molecule has 38 heavy (non-hydrogen) atoms. The largest absolute Gasteiger partial charge is 0.493 e. The first-order valence-electron chi connectivity index (χ1n) is 11.3. The van der Waals surface area contributed by atoms with Gasteiger partial charge in [0.1, 0.15) is 6.54 Å². The lowest BCUT2D eigenvalue weighted by atomic mass is 10.2. The Labute approximate surface area is 236 Å². The number of nitrogens with one attached hydrogen (secondary N) is 2. The summed E-state index contributed by atoms with van der Waals surface area (Å²) in [6.07, 6.45) is 1.55. The number of hydrogen-bond acceptors (Lipinski definition) is 7. The highest BCUT2D eigenvalue weighted by Gasteiger charge is 2.36. The van der Waals surface area contributed by atoms with Crippen molar-refractivity contribution in [1.29, 1.82) is 0 Å². The molecule has 1 fully saturated rings. The number of anilines is 2. The number of rotatable bonds is 9. The highest BCUT2D eigenvalue weighted by Crippen LogP contribution is 2.37. The van der Waals surface area contributed by atoms with Crippen LogP contribution in [0.5, 0.6) is 11.5 Å². The summed E-state index contributed by atoms with van der Waals surface area (Å²) in [6, 6.07) is 21.2. The van der Waals surface area contributed by atoms with Crippen molar-refractivity contribution in [3.8, 4) is 11.5 Å². The van der Waals surface area contributed by atoms with Crippen LogP contribution in [0.1, 0.15) is 5.56 Å². The molecule has 9 nitrogen and oxygen atoms in total. The summed E-state index contributed by atoms with van der Waals surface area (Å²) in [5.41, 5.74) is 1.82. The van der Waals surface area contributed by atoms with Crippen LogP contribution in [0.4, 0.5) is 16.2 Å². The number of thioether (sulfide) groups is 1. The van der Waals surface area contributed by atoms with Crippen LogP contribution in [0, 0.1) is 3.57 Å². The summed E-state index contributed by atoms with van der Waals surface area (Å²) in [5, 5.41) is 4.88. The first kappa shape index (κ1) is 27.2. The van der Waals surface area contributed by atoms with Gasteiger partial charge in [-0.15, -0.1) is 0 Å². The summed E-state index contributed by atoms with van der Waals surface area (Å²) in [4.78, 5) is 51.0. The van der Waals surface area contributed by atoms with Gasteiger partial charge in [-0.25, -0.2) is 0 Å². The van der Waals surface area contributed by atoms with E-state index in [-0.39, 0.29) is 17.4 Å². The maximum Gasteiger partial charge on any atom is 0.294 e. The fraction of sp³-hybridized carbons (Fsp3) is 0.111. The molecule has 11 heteroatoms. The molecule has 3 aromatic rings. The van der Waals surface area contributed by atoms with Crippen LogP contribution in [-0.4, -0.2) is 48.1 Å². The Morgan fingerprint density at radius 2 is 1.55 bits per heavy atom. The number of benzene rings is 3. The number of imide groups is 1. The van der Waals surface area contributed by atoms with Gasteiger partial charge in [0.2, 0.25) is 5.91 Å². The lowest BCUT2D eigenvalue weighted by Crippen LogP contribution is -2.36. The molecule has 194 valence electrons. The van der Waals surface area contributed by atoms with Crippen LogP contribution in [0.2, 0.25) is 0 Å². The van der Waals surface area contributed by atoms with Crippen LogP contribution >= 0.6 is 34.4 Å². The molecule has 2 N–H and O–H groups in total. The number of halogens is 1. The Bertz CT molecular complexity index is 1400. The van der Waals surface area contributed by atoms with Crippen molar-refractivity contribution in [3.63, 3.8) is 0 Å². The number of nitrogens with zero attached hydrogens (tertiary/aromatic N) is 1. The van der Waals surface area contributed by atoms with E-state index in [9.17, 15) is 19.2 Å². The maximum absolute atomic E-state index is 12.9. The Balaban J connectivity index is 1.42. The number of hydrogen-bond donors (Lipinski definition) is 2. The molecular weight excluding hydrogens is 621 g/mol. The van der Waals surface area contributed by atoms with Gasteiger partial charge in [0.25, 0.3) is 17.1 Å². The third kappa shape index (κ3) is 6.92. The smallest absolute Gasteiger partial charge is 0.294 e. The minimum atomic E-state index is -0.560. The molecule has 1 saturated heterocycles. The van der Waals surface area contributed by atoms with E-state index in [2.05, 4.69) is 10.6 Å². The molecule has 1 aliphatic heterocycles. The predicted molar refractivity (Wildman–Crippen MR) is 154 cm³/mol. The molecular formula is C27H22IN3O6S. The van der Waals surface area contributed by atoms with Gasteiger partial charge in [-0.2, -0.15) is 0 Å². The van der Waals surface area contributed by atoms with Crippen LogP contribution in [0.25, 0.3) is 6.08 Å². The second kappa shape index (κ2) is 12.6. The SMILES string of the molecule is COc1cc(/C=C2\SC(=O)N(CC(=O)Nc3ccccc3)C2=O)cc(I)c1OCC(=O)Nc1ccccc1. The summed E-state index contributed by atoms with van der Waals surface area (Å²) >= 11 is 2.80. The number of carbonyl (C=O) groups excluding carboxylic acids is 4. The molecule has 4 rings (SSSR count). The molecule has 3 aromatic carbocycles. The fourth-order valence-corrected chi connectivity index (χ4v) is 5.09. The van der Waals surface area contributed by atoms with Crippen molar-refractivity contribution in [1.82, 2.24) is 4.90 Å². The molecule has 0 radical (unpaired) electrons. The van der Waals surface area contributed by atoms with E-state index >= 15 is 0 Å². The van der Waals surface area contributed by atoms with Gasteiger partial charge >= 0.3 is 0 Å². The van der Waals surface area contributed by atoms with Gasteiger partial charge in [0, 0.05) is 11.4 Å². The normalized spacial score (nSPS) is 13.9. The second-order valence-electron chi connectivity index (χ2n) is 7.92. The third-order valence-electron chi connectivity index (χ3n) is 5.19. The van der Waals surface area contributed by atoms with Gasteiger partial charge in [-0.3, -0.25) is 24.1 Å². The highest BCUT2D eigenvalue weighted by molar-refractivity contribution is 14.1. The molecule has 0 atom stereocenters. The van der Waals surface area contributed by atoms with E-state index in [4.69, 9.17) is 9.47 Å². The summed E-state index contributed by atoms with van der Waals surface area (Å²) < 4.78 is 11.8. The van der Waals surface area contributed by atoms with Crippen molar-refractivity contribution in [3.05, 3.63) is 86.8 Å². The number of amides is 4. The third-order valence-corrected chi connectivity index (χ3v) is 6.90. The standard InChI is InChI=1S/C27H22IN3O6S/c1-36-21-13-17(12-20(28)25(21)37-16-24(33)30-19-10-6-3-7-11-19)14-22-26(34)31(27(35)38-22)15-23(32)29-18-8-4-2-5-9-18/h2-14H,15-16H2,1H3,(H,29,32)(H,30,33)/b22-14-. The topological polar surface area (TPSA) is 114 Å². The Morgan fingerprint density at radius 3 is 2.16 bits per heavy atom. The number of carbonyl (C=O) groups is 4. The lowest BCUT2D eigenvalue weighted by molar-refractivity contribution is -0.127. The zero-order valence-electron chi connectivity index (χ0n) is 20.1. The van der Waals surface area contributed by atoms with E-state index in [1.807, 2.05) is 46.9 Å². The number of para-hydroxylation sites is 2. The van der Waals surface area contributed by atoms with Crippen LogP contribution in [0.15, 0.2) is 77.7 Å². The van der Waals surface area contributed by atoms with Gasteiger partial charge in [-0.1, -0.05) is 36.4 Å². The molecule has 1 heterocycles. The summed E-state index contributed by atoms with van der Waals surface area (Å²) in [6.45, 7) is -0.625. The maximum atomic E-state index is 12.9. The van der Waals surface area contributed by atoms with E-state index in [0.717, 1.165) is 16.7 Å². The molecule has 0 aromatic heterocycles. The Morgan fingerprint density at radius 1 is 0.947 bits per heavy atom. The first-order chi connectivity index (χ1) is 18.3. The fourth-order valence-electron chi connectivity index (χ4n) is 3.47.